The summed E-state index contributed by atoms with van der Waals surface area (Å²) in [6.07, 6.45) is 0.167. The van der Waals surface area contributed by atoms with Crippen LogP contribution in [0, 0.1) is 13.8 Å². The SMILES string of the molecule is Cc1nc(Nc2cc(CC(=O)Nc3ccccc3)[nH]n2)nc(Nc2ccccc2C)n1. The molecule has 4 rings (SSSR count). The number of carbonyl (C=O) groups is 1. The zero-order valence-corrected chi connectivity index (χ0v) is 17.2. The monoisotopic (exact) mass is 414 g/mol. The summed E-state index contributed by atoms with van der Waals surface area (Å²) < 4.78 is 0. The van der Waals surface area contributed by atoms with Crippen LogP contribution in [0.15, 0.2) is 60.7 Å². The molecule has 2 heterocycles. The number of nitrogens with zero attached hydrogens (tertiary/aromatic N) is 4. The zero-order valence-electron chi connectivity index (χ0n) is 17.2. The molecular formula is C22H22N8O. The molecule has 0 saturated carbocycles. The number of carbonyl (C=O) groups excluding carboxylic acids is 1. The van der Waals surface area contributed by atoms with Crippen molar-refractivity contribution < 1.29 is 4.79 Å². The van der Waals surface area contributed by atoms with Gasteiger partial charge in [-0.3, -0.25) is 9.89 Å². The Balaban J connectivity index is 1.41. The summed E-state index contributed by atoms with van der Waals surface area (Å²) >= 11 is 0. The van der Waals surface area contributed by atoms with Gasteiger partial charge in [0.25, 0.3) is 0 Å². The van der Waals surface area contributed by atoms with E-state index in [2.05, 4.69) is 41.1 Å². The fourth-order valence-corrected chi connectivity index (χ4v) is 2.96. The van der Waals surface area contributed by atoms with Crippen LogP contribution in [-0.2, 0) is 11.2 Å². The Hall–Kier alpha value is -4.27. The molecule has 1 amide bonds. The number of rotatable bonds is 7. The lowest BCUT2D eigenvalue weighted by Gasteiger charge is -2.09. The van der Waals surface area contributed by atoms with Gasteiger partial charge in [-0.25, -0.2) is 0 Å². The smallest absolute Gasteiger partial charge is 0.233 e. The van der Waals surface area contributed by atoms with Gasteiger partial charge in [0.1, 0.15) is 5.82 Å². The molecule has 0 aliphatic heterocycles. The molecule has 2 aromatic carbocycles. The first-order valence-electron chi connectivity index (χ1n) is 9.77. The predicted octanol–water partition coefficient (Wildman–Crippen LogP) is 3.88. The fourth-order valence-electron chi connectivity index (χ4n) is 2.96. The van der Waals surface area contributed by atoms with Gasteiger partial charge >= 0.3 is 0 Å². The van der Waals surface area contributed by atoms with Gasteiger partial charge in [-0.2, -0.15) is 20.1 Å². The van der Waals surface area contributed by atoms with Crippen molar-refractivity contribution in [2.45, 2.75) is 20.3 Å². The highest BCUT2D eigenvalue weighted by atomic mass is 16.1. The lowest BCUT2D eigenvalue weighted by molar-refractivity contribution is -0.115. The largest absolute Gasteiger partial charge is 0.326 e. The summed E-state index contributed by atoms with van der Waals surface area (Å²) in [6, 6.07) is 18.9. The van der Waals surface area contributed by atoms with Crippen LogP contribution in [0.25, 0.3) is 0 Å². The summed E-state index contributed by atoms with van der Waals surface area (Å²) in [7, 11) is 0. The molecule has 156 valence electrons. The third-order valence-corrected chi connectivity index (χ3v) is 4.42. The molecule has 2 aromatic heterocycles. The number of hydrogen-bond acceptors (Lipinski definition) is 7. The highest BCUT2D eigenvalue weighted by Gasteiger charge is 2.10. The number of aromatic amines is 1. The van der Waals surface area contributed by atoms with Gasteiger partial charge < -0.3 is 16.0 Å². The van der Waals surface area contributed by atoms with Crippen molar-refractivity contribution in [3.8, 4) is 0 Å². The fraction of sp³-hybridized carbons (Fsp3) is 0.136. The maximum Gasteiger partial charge on any atom is 0.233 e. The first-order valence-corrected chi connectivity index (χ1v) is 9.77. The van der Waals surface area contributed by atoms with Crippen LogP contribution >= 0.6 is 0 Å². The Morgan fingerprint density at radius 3 is 2.39 bits per heavy atom. The average molecular weight is 414 g/mol. The number of amides is 1. The standard InChI is InChI=1S/C22H22N8O/c1-14-8-6-7-11-18(14)26-21-23-15(2)24-22(28-21)27-19-12-17(29-30-19)13-20(31)25-16-9-4-3-5-10-16/h3-12H,13H2,1-2H3,(H,25,31)(H3,23,24,26,27,28,29,30). The predicted molar refractivity (Wildman–Crippen MR) is 120 cm³/mol. The Morgan fingerprint density at radius 2 is 1.61 bits per heavy atom. The molecule has 0 saturated heterocycles. The maximum absolute atomic E-state index is 12.2. The van der Waals surface area contributed by atoms with Crippen molar-refractivity contribution in [3.05, 3.63) is 77.7 Å². The maximum atomic E-state index is 12.2. The highest BCUT2D eigenvalue weighted by molar-refractivity contribution is 5.92. The lowest BCUT2D eigenvalue weighted by atomic mass is 10.2. The van der Waals surface area contributed by atoms with Gasteiger partial charge in [-0.1, -0.05) is 36.4 Å². The molecule has 0 radical (unpaired) electrons. The van der Waals surface area contributed by atoms with Crippen molar-refractivity contribution in [3.63, 3.8) is 0 Å². The molecular weight excluding hydrogens is 392 g/mol. The second kappa shape index (κ2) is 9.04. The van der Waals surface area contributed by atoms with Gasteiger partial charge in [0.2, 0.25) is 17.8 Å². The number of H-pyrrole nitrogens is 1. The molecule has 0 aliphatic rings. The van der Waals surface area contributed by atoms with E-state index in [4.69, 9.17) is 0 Å². The minimum absolute atomic E-state index is 0.137. The van der Waals surface area contributed by atoms with Crippen LogP contribution in [-0.4, -0.2) is 31.1 Å². The Kier molecular flexibility index (Phi) is 5.84. The summed E-state index contributed by atoms with van der Waals surface area (Å²) in [4.78, 5) is 25.3. The van der Waals surface area contributed by atoms with Gasteiger partial charge in [0.05, 0.1) is 6.42 Å². The first kappa shape index (κ1) is 20.0. The van der Waals surface area contributed by atoms with E-state index in [1.165, 1.54) is 0 Å². The zero-order chi connectivity index (χ0) is 21.6. The molecule has 9 heteroatoms. The molecule has 0 fully saturated rings. The van der Waals surface area contributed by atoms with E-state index in [0.717, 1.165) is 16.9 Å². The number of anilines is 5. The molecule has 4 aromatic rings. The molecule has 0 bridgehead atoms. The van der Waals surface area contributed by atoms with Crippen molar-refractivity contribution >= 4 is 35.0 Å². The minimum Gasteiger partial charge on any atom is -0.326 e. The van der Waals surface area contributed by atoms with Crippen LogP contribution < -0.4 is 16.0 Å². The van der Waals surface area contributed by atoms with E-state index in [0.29, 0.717) is 29.2 Å². The summed E-state index contributed by atoms with van der Waals surface area (Å²) in [6.45, 7) is 3.80. The molecule has 0 atom stereocenters. The highest BCUT2D eigenvalue weighted by Crippen LogP contribution is 2.19. The van der Waals surface area contributed by atoms with Crippen LogP contribution in [0.4, 0.5) is 29.1 Å². The van der Waals surface area contributed by atoms with Gasteiger partial charge in [0.15, 0.2) is 5.82 Å². The quantitative estimate of drug-likeness (QED) is 0.362. The van der Waals surface area contributed by atoms with Gasteiger partial charge in [0, 0.05) is 23.1 Å². The van der Waals surface area contributed by atoms with Crippen molar-refractivity contribution in [1.82, 2.24) is 25.1 Å². The van der Waals surface area contributed by atoms with E-state index in [-0.39, 0.29) is 12.3 Å². The molecule has 31 heavy (non-hydrogen) atoms. The Morgan fingerprint density at radius 1 is 0.903 bits per heavy atom. The molecule has 0 spiro atoms. The van der Waals surface area contributed by atoms with Crippen molar-refractivity contribution in [2.75, 3.05) is 16.0 Å². The van der Waals surface area contributed by atoms with E-state index in [1.54, 1.807) is 13.0 Å². The Labute approximate surface area is 179 Å². The third kappa shape index (κ3) is 5.41. The number of benzene rings is 2. The number of para-hydroxylation sites is 2. The molecule has 0 unspecified atom stereocenters. The molecule has 9 nitrogen and oxygen atoms in total. The average Bonchev–Trinajstić information content (AvgIpc) is 3.16. The van der Waals surface area contributed by atoms with Gasteiger partial charge in [-0.15, -0.1) is 0 Å². The van der Waals surface area contributed by atoms with Gasteiger partial charge in [-0.05, 0) is 37.6 Å². The number of aryl methyl sites for hydroxylation is 2. The van der Waals surface area contributed by atoms with E-state index >= 15 is 0 Å². The Bertz CT molecular complexity index is 1190. The number of aromatic nitrogens is 5. The van der Waals surface area contributed by atoms with E-state index in [9.17, 15) is 4.79 Å². The van der Waals surface area contributed by atoms with E-state index < -0.39 is 0 Å². The summed E-state index contributed by atoms with van der Waals surface area (Å²) in [5.41, 5.74) is 3.42. The minimum atomic E-state index is -0.137. The summed E-state index contributed by atoms with van der Waals surface area (Å²) in [5.74, 6) is 1.72. The van der Waals surface area contributed by atoms with Crippen molar-refractivity contribution in [1.29, 1.82) is 0 Å². The van der Waals surface area contributed by atoms with E-state index in [1.807, 2.05) is 61.5 Å². The van der Waals surface area contributed by atoms with Crippen LogP contribution in [0.3, 0.4) is 0 Å². The third-order valence-electron chi connectivity index (χ3n) is 4.42. The van der Waals surface area contributed by atoms with Crippen molar-refractivity contribution in [2.24, 2.45) is 0 Å². The normalized spacial score (nSPS) is 10.5. The van der Waals surface area contributed by atoms with Crippen LogP contribution in [0.1, 0.15) is 17.1 Å². The summed E-state index contributed by atoms with van der Waals surface area (Å²) in [5, 5.41) is 16.2. The number of nitrogens with one attached hydrogen (secondary N) is 4. The topological polar surface area (TPSA) is 121 Å². The number of hydrogen-bond donors (Lipinski definition) is 4. The molecule has 4 N–H and O–H groups in total. The first-order chi connectivity index (χ1) is 15.0. The van der Waals surface area contributed by atoms with Crippen LogP contribution in [0.2, 0.25) is 0 Å². The second-order valence-corrected chi connectivity index (χ2v) is 6.96. The van der Waals surface area contributed by atoms with Crippen LogP contribution in [0.5, 0.6) is 0 Å². The lowest BCUT2D eigenvalue weighted by Crippen LogP contribution is -2.14. The second-order valence-electron chi connectivity index (χ2n) is 6.96. The molecule has 0 aliphatic carbocycles.